The van der Waals surface area contributed by atoms with Crippen LogP contribution in [-0.2, 0) is 14.8 Å². The van der Waals surface area contributed by atoms with Crippen molar-refractivity contribution in [3.63, 3.8) is 0 Å². The van der Waals surface area contributed by atoms with E-state index < -0.39 is 16.1 Å². The molecule has 0 aromatic heterocycles. The van der Waals surface area contributed by atoms with Gasteiger partial charge >= 0.3 is 0 Å². The first-order valence-electron chi connectivity index (χ1n) is 8.89. The van der Waals surface area contributed by atoms with Crippen molar-refractivity contribution in [3.05, 3.63) is 18.2 Å². The third-order valence-corrected chi connectivity index (χ3v) is 5.92. The van der Waals surface area contributed by atoms with Gasteiger partial charge in [0.15, 0.2) is 11.5 Å². The van der Waals surface area contributed by atoms with Gasteiger partial charge in [-0.05, 0) is 32.0 Å². The Balaban J connectivity index is 1.71. The second-order valence-electron chi connectivity index (χ2n) is 6.43. The summed E-state index contributed by atoms with van der Waals surface area (Å²) in [6.07, 6.45) is 1.60. The molecule has 0 bridgehead atoms. The van der Waals surface area contributed by atoms with Crippen LogP contribution in [0.4, 0.5) is 0 Å². The van der Waals surface area contributed by atoms with Crippen LogP contribution >= 0.6 is 0 Å². The Morgan fingerprint density at radius 1 is 1.15 bits per heavy atom. The van der Waals surface area contributed by atoms with Crippen LogP contribution in [0, 0.1) is 0 Å². The summed E-state index contributed by atoms with van der Waals surface area (Å²) in [4.78, 5) is 14.3. The van der Waals surface area contributed by atoms with E-state index in [1.807, 2.05) is 0 Å². The Kier molecular flexibility index (Phi) is 6.00. The van der Waals surface area contributed by atoms with Crippen LogP contribution in [0.25, 0.3) is 0 Å². The molecule has 1 saturated heterocycles. The SMILES string of the molecule is CC(NS(=O)(=O)c1ccc2c(c1)OCCCO2)C(=O)N1CCCNCC1. The standard InChI is InChI=1S/C17H25N3O5S/c1-13(17(21)20-8-2-6-18-7-9-20)19-26(22,23)14-4-5-15-16(12-14)25-11-3-10-24-15/h4-5,12-13,18-19H,2-3,6-11H2,1H3. The highest BCUT2D eigenvalue weighted by atomic mass is 32.2. The van der Waals surface area contributed by atoms with Crippen LogP contribution in [0.2, 0.25) is 0 Å². The van der Waals surface area contributed by atoms with Gasteiger partial charge in [0.1, 0.15) is 0 Å². The fraction of sp³-hybridized carbons (Fsp3) is 0.588. The summed E-state index contributed by atoms with van der Waals surface area (Å²) in [7, 11) is -3.85. The number of hydrogen-bond donors (Lipinski definition) is 2. The van der Waals surface area contributed by atoms with Crippen LogP contribution in [0.3, 0.4) is 0 Å². The second-order valence-corrected chi connectivity index (χ2v) is 8.14. The van der Waals surface area contributed by atoms with E-state index in [4.69, 9.17) is 9.47 Å². The van der Waals surface area contributed by atoms with Crippen molar-refractivity contribution in [3.8, 4) is 11.5 Å². The average molecular weight is 383 g/mol. The van der Waals surface area contributed by atoms with Gasteiger partial charge in [-0.2, -0.15) is 4.72 Å². The number of sulfonamides is 1. The highest BCUT2D eigenvalue weighted by molar-refractivity contribution is 7.89. The molecule has 1 unspecified atom stereocenters. The first-order chi connectivity index (χ1) is 12.5. The monoisotopic (exact) mass is 383 g/mol. The molecule has 1 fully saturated rings. The van der Waals surface area contributed by atoms with Gasteiger partial charge < -0.3 is 19.7 Å². The molecule has 3 rings (SSSR count). The number of fused-ring (bicyclic) bond motifs is 1. The molecule has 0 saturated carbocycles. The van der Waals surface area contributed by atoms with Crippen molar-refractivity contribution in [2.45, 2.75) is 30.7 Å². The Morgan fingerprint density at radius 2 is 1.92 bits per heavy atom. The van der Waals surface area contributed by atoms with E-state index in [-0.39, 0.29) is 10.8 Å². The predicted molar refractivity (Wildman–Crippen MR) is 95.9 cm³/mol. The van der Waals surface area contributed by atoms with Gasteiger partial charge in [0.05, 0.1) is 24.2 Å². The molecule has 0 aliphatic carbocycles. The highest BCUT2D eigenvalue weighted by Gasteiger charge is 2.27. The van der Waals surface area contributed by atoms with Crippen LogP contribution in [0.1, 0.15) is 19.8 Å². The van der Waals surface area contributed by atoms with Gasteiger partial charge in [-0.3, -0.25) is 4.79 Å². The van der Waals surface area contributed by atoms with Crippen molar-refractivity contribution in [1.82, 2.24) is 14.9 Å². The predicted octanol–water partition coefficient (Wildman–Crippen LogP) is 0.337. The Labute approximate surface area is 153 Å². The molecular formula is C17H25N3O5S. The average Bonchev–Trinajstić information content (AvgIpc) is 3.02. The molecule has 1 amide bonds. The molecule has 0 radical (unpaired) electrons. The molecule has 9 heteroatoms. The molecule has 1 aromatic rings. The first-order valence-corrected chi connectivity index (χ1v) is 10.4. The van der Waals surface area contributed by atoms with Crippen LogP contribution in [0.15, 0.2) is 23.1 Å². The summed E-state index contributed by atoms with van der Waals surface area (Å²) in [5.41, 5.74) is 0. The number of nitrogens with one attached hydrogen (secondary N) is 2. The molecule has 2 heterocycles. The van der Waals surface area contributed by atoms with E-state index in [2.05, 4.69) is 10.0 Å². The first kappa shape index (κ1) is 18.9. The Morgan fingerprint density at radius 3 is 2.73 bits per heavy atom. The zero-order chi connectivity index (χ0) is 18.6. The maximum absolute atomic E-state index is 12.7. The lowest BCUT2D eigenvalue weighted by Crippen LogP contribution is -2.47. The van der Waals surface area contributed by atoms with Crippen LogP contribution < -0.4 is 19.5 Å². The molecule has 144 valence electrons. The number of hydrogen-bond acceptors (Lipinski definition) is 6. The minimum atomic E-state index is -3.85. The van der Waals surface area contributed by atoms with E-state index in [1.165, 1.54) is 12.1 Å². The van der Waals surface area contributed by atoms with E-state index in [9.17, 15) is 13.2 Å². The summed E-state index contributed by atoms with van der Waals surface area (Å²) in [6.45, 7) is 5.36. The molecule has 26 heavy (non-hydrogen) atoms. The smallest absolute Gasteiger partial charge is 0.241 e. The highest BCUT2D eigenvalue weighted by Crippen LogP contribution is 2.31. The zero-order valence-corrected chi connectivity index (χ0v) is 15.7. The van der Waals surface area contributed by atoms with E-state index in [0.29, 0.717) is 44.3 Å². The van der Waals surface area contributed by atoms with Gasteiger partial charge in [-0.15, -0.1) is 0 Å². The van der Waals surface area contributed by atoms with Gasteiger partial charge in [0.25, 0.3) is 0 Å². The molecule has 8 nitrogen and oxygen atoms in total. The largest absolute Gasteiger partial charge is 0.490 e. The topological polar surface area (TPSA) is 97.0 Å². The summed E-state index contributed by atoms with van der Waals surface area (Å²) < 4.78 is 38.9. The minimum absolute atomic E-state index is 0.0546. The number of carbonyl (C=O) groups excluding carboxylic acids is 1. The number of benzene rings is 1. The van der Waals surface area contributed by atoms with Crippen molar-refractivity contribution in [1.29, 1.82) is 0 Å². The lowest BCUT2D eigenvalue weighted by atomic mass is 10.3. The molecular weight excluding hydrogens is 358 g/mol. The van der Waals surface area contributed by atoms with E-state index in [0.717, 1.165) is 19.4 Å². The van der Waals surface area contributed by atoms with Crippen LogP contribution in [-0.4, -0.2) is 64.7 Å². The lowest BCUT2D eigenvalue weighted by molar-refractivity contribution is -0.132. The summed E-state index contributed by atoms with van der Waals surface area (Å²) in [5.74, 6) is 0.720. The fourth-order valence-corrected chi connectivity index (χ4v) is 4.21. The summed E-state index contributed by atoms with van der Waals surface area (Å²) in [6, 6.07) is 3.65. The third-order valence-electron chi connectivity index (χ3n) is 4.38. The zero-order valence-electron chi connectivity index (χ0n) is 14.9. The third kappa shape index (κ3) is 4.46. The van der Waals surface area contributed by atoms with Crippen LogP contribution in [0.5, 0.6) is 11.5 Å². The normalized spacial score (nSPS) is 19.3. The fourth-order valence-electron chi connectivity index (χ4n) is 3.00. The lowest BCUT2D eigenvalue weighted by Gasteiger charge is -2.24. The summed E-state index contributed by atoms with van der Waals surface area (Å²) >= 11 is 0. The molecule has 2 aliphatic rings. The number of carbonyl (C=O) groups is 1. The summed E-state index contributed by atoms with van der Waals surface area (Å²) in [5, 5.41) is 3.22. The van der Waals surface area contributed by atoms with Crippen molar-refractivity contribution >= 4 is 15.9 Å². The molecule has 1 atom stereocenters. The van der Waals surface area contributed by atoms with Gasteiger partial charge in [0.2, 0.25) is 15.9 Å². The number of amides is 1. The van der Waals surface area contributed by atoms with Crippen molar-refractivity contribution in [2.75, 3.05) is 39.4 Å². The Bertz CT molecular complexity index is 745. The van der Waals surface area contributed by atoms with E-state index in [1.54, 1.807) is 17.9 Å². The quantitative estimate of drug-likeness (QED) is 0.778. The number of nitrogens with zero attached hydrogens (tertiary/aromatic N) is 1. The van der Waals surface area contributed by atoms with Crippen molar-refractivity contribution < 1.29 is 22.7 Å². The van der Waals surface area contributed by atoms with Gasteiger partial charge in [0, 0.05) is 32.1 Å². The molecule has 1 aromatic carbocycles. The van der Waals surface area contributed by atoms with Gasteiger partial charge in [-0.1, -0.05) is 0 Å². The maximum atomic E-state index is 12.7. The second kappa shape index (κ2) is 8.24. The Hall–Kier alpha value is -1.84. The number of ether oxygens (including phenoxy) is 2. The molecule has 0 spiro atoms. The number of rotatable bonds is 4. The molecule has 2 aliphatic heterocycles. The van der Waals surface area contributed by atoms with E-state index >= 15 is 0 Å². The van der Waals surface area contributed by atoms with Crippen molar-refractivity contribution in [2.24, 2.45) is 0 Å². The minimum Gasteiger partial charge on any atom is -0.490 e. The maximum Gasteiger partial charge on any atom is 0.241 e. The molecule has 2 N–H and O–H groups in total. The van der Waals surface area contributed by atoms with Gasteiger partial charge in [-0.25, -0.2) is 8.42 Å².